The van der Waals surface area contributed by atoms with E-state index >= 15 is 0 Å². The van der Waals surface area contributed by atoms with E-state index < -0.39 is 0 Å². The molecular weight excluding hydrogens is 330 g/mol. The Bertz CT molecular complexity index is 788. The Kier molecular flexibility index (Phi) is 4.91. The second-order valence-corrected chi connectivity index (χ2v) is 6.72. The van der Waals surface area contributed by atoms with Crippen LogP contribution in [0.1, 0.15) is 42.5 Å². The van der Waals surface area contributed by atoms with Crippen LogP contribution in [0.3, 0.4) is 0 Å². The van der Waals surface area contributed by atoms with Crippen molar-refractivity contribution in [2.45, 2.75) is 38.1 Å². The number of nitrogens with zero attached hydrogens (tertiary/aromatic N) is 1. The van der Waals surface area contributed by atoms with Crippen LogP contribution in [0.5, 0.6) is 11.5 Å². The molecule has 136 valence electrons. The summed E-state index contributed by atoms with van der Waals surface area (Å²) in [7, 11) is 0. The fourth-order valence-corrected chi connectivity index (χ4v) is 3.42. The number of benzene rings is 1. The quantitative estimate of drug-likeness (QED) is 0.878. The second kappa shape index (κ2) is 7.64. The minimum Gasteiger partial charge on any atom is -0.486 e. The maximum absolute atomic E-state index is 12.5. The van der Waals surface area contributed by atoms with Gasteiger partial charge in [0.1, 0.15) is 19.0 Å². The summed E-state index contributed by atoms with van der Waals surface area (Å²) in [5.41, 5.74) is 1.46. The molecular formula is C20H23N3O3. The van der Waals surface area contributed by atoms with E-state index in [1.807, 2.05) is 18.2 Å². The third-order valence-electron chi connectivity index (χ3n) is 4.78. The number of pyridine rings is 1. The Hall–Kier alpha value is -2.76. The number of anilines is 2. The number of hydrogen-bond acceptors (Lipinski definition) is 5. The standard InChI is InChI=1S/C20H23N3O3/c24-20(23-15-4-2-1-3-5-15)14-8-9-21-19(12-14)22-16-6-7-17-18(13-16)26-11-10-25-17/h6-9,12-13,15H,1-5,10-11H2,(H,21,22)(H,23,24). The molecule has 6 nitrogen and oxygen atoms in total. The van der Waals surface area contributed by atoms with Crippen LogP contribution in [0.2, 0.25) is 0 Å². The molecule has 0 spiro atoms. The number of rotatable bonds is 4. The molecule has 0 bridgehead atoms. The Balaban J connectivity index is 1.44. The molecule has 2 aliphatic rings. The van der Waals surface area contributed by atoms with Gasteiger partial charge in [-0.3, -0.25) is 4.79 Å². The topological polar surface area (TPSA) is 72.5 Å². The molecule has 1 aromatic carbocycles. The predicted octanol–water partition coefficient (Wildman–Crippen LogP) is 3.66. The second-order valence-electron chi connectivity index (χ2n) is 6.72. The lowest BCUT2D eigenvalue weighted by atomic mass is 9.95. The van der Waals surface area contributed by atoms with Gasteiger partial charge >= 0.3 is 0 Å². The highest BCUT2D eigenvalue weighted by Gasteiger charge is 2.17. The van der Waals surface area contributed by atoms with E-state index in [9.17, 15) is 4.79 Å². The summed E-state index contributed by atoms with van der Waals surface area (Å²) in [6.07, 6.45) is 7.44. The van der Waals surface area contributed by atoms with Gasteiger partial charge in [0.15, 0.2) is 11.5 Å². The van der Waals surface area contributed by atoms with Crippen molar-refractivity contribution >= 4 is 17.4 Å². The highest BCUT2D eigenvalue weighted by molar-refractivity contribution is 5.95. The summed E-state index contributed by atoms with van der Waals surface area (Å²) in [5, 5.41) is 6.36. The number of hydrogen-bond donors (Lipinski definition) is 2. The molecule has 1 aliphatic heterocycles. The average molecular weight is 353 g/mol. The molecule has 4 rings (SSSR count). The van der Waals surface area contributed by atoms with Crippen molar-refractivity contribution in [1.29, 1.82) is 0 Å². The Morgan fingerprint density at radius 2 is 1.81 bits per heavy atom. The molecule has 1 saturated carbocycles. The third-order valence-corrected chi connectivity index (χ3v) is 4.78. The van der Waals surface area contributed by atoms with E-state index in [2.05, 4.69) is 15.6 Å². The van der Waals surface area contributed by atoms with Crippen LogP contribution >= 0.6 is 0 Å². The molecule has 0 atom stereocenters. The summed E-state index contributed by atoms with van der Waals surface area (Å²) in [6, 6.07) is 9.46. The largest absolute Gasteiger partial charge is 0.486 e. The fraction of sp³-hybridized carbons (Fsp3) is 0.400. The van der Waals surface area contributed by atoms with E-state index in [-0.39, 0.29) is 5.91 Å². The summed E-state index contributed by atoms with van der Waals surface area (Å²) in [4.78, 5) is 16.8. The zero-order chi connectivity index (χ0) is 17.8. The number of carbonyl (C=O) groups excluding carboxylic acids is 1. The molecule has 0 unspecified atom stereocenters. The van der Waals surface area contributed by atoms with E-state index in [4.69, 9.17) is 9.47 Å². The highest BCUT2D eigenvalue weighted by Crippen LogP contribution is 2.33. The number of ether oxygens (including phenoxy) is 2. The first-order chi connectivity index (χ1) is 12.8. The van der Waals surface area contributed by atoms with Crippen LogP contribution in [0.25, 0.3) is 0 Å². The molecule has 1 aromatic heterocycles. The van der Waals surface area contributed by atoms with E-state index in [1.165, 1.54) is 19.3 Å². The lowest BCUT2D eigenvalue weighted by molar-refractivity contribution is 0.0927. The average Bonchev–Trinajstić information content (AvgIpc) is 2.69. The van der Waals surface area contributed by atoms with Crippen molar-refractivity contribution in [3.8, 4) is 11.5 Å². The Morgan fingerprint density at radius 3 is 2.65 bits per heavy atom. The lowest BCUT2D eigenvalue weighted by Gasteiger charge is -2.22. The molecule has 2 N–H and O–H groups in total. The number of carbonyl (C=O) groups is 1. The molecule has 1 aliphatic carbocycles. The molecule has 0 radical (unpaired) electrons. The SMILES string of the molecule is O=C(NC1CCCCC1)c1ccnc(Nc2ccc3c(c2)OCCO3)c1. The monoisotopic (exact) mass is 353 g/mol. The van der Waals surface area contributed by atoms with Crippen LogP contribution in [-0.2, 0) is 0 Å². The van der Waals surface area contributed by atoms with Gasteiger partial charge in [-0.15, -0.1) is 0 Å². The van der Waals surface area contributed by atoms with Crippen LogP contribution < -0.4 is 20.1 Å². The summed E-state index contributed by atoms with van der Waals surface area (Å²) >= 11 is 0. The minimum atomic E-state index is -0.0375. The molecule has 0 saturated heterocycles. The van der Waals surface area contributed by atoms with Crippen molar-refractivity contribution in [3.63, 3.8) is 0 Å². The van der Waals surface area contributed by atoms with Crippen molar-refractivity contribution in [1.82, 2.24) is 10.3 Å². The number of aromatic nitrogens is 1. The summed E-state index contributed by atoms with van der Waals surface area (Å²) < 4.78 is 11.1. The normalized spacial score (nSPS) is 16.8. The first kappa shape index (κ1) is 16.7. The van der Waals surface area contributed by atoms with Crippen molar-refractivity contribution in [2.75, 3.05) is 18.5 Å². The van der Waals surface area contributed by atoms with E-state index in [0.717, 1.165) is 24.3 Å². The summed E-state index contributed by atoms with van der Waals surface area (Å²) in [6.45, 7) is 1.12. The maximum Gasteiger partial charge on any atom is 0.251 e. The van der Waals surface area contributed by atoms with Crippen molar-refractivity contribution < 1.29 is 14.3 Å². The van der Waals surface area contributed by atoms with Gasteiger partial charge in [0.25, 0.3) is 5.91 Å². The molecule has 1 amide bonds. The molecule has 1 fully saturated rings. The van der Waals surface area contributed by atoms with Gasteiger partial charge in [-0.05, 0) is 37.1 Å². The first-order valence-corrected chi connectivity index (χ1v) is 9.21. The Morgan fingerprint density at radius 1 is 1.00 bits per heavy atom. The van der Waals surface area contributed by atoms with Gasteiger partial charge in [-0.1, -0.05) is 19.3 Å². The van der Waals surface area contributed by atoms with Gasteiger partial charge < -0.3 is 20.1 Å². The third kappa shape index (κ3) is 3.90. The van der Waals surface area contributed by atoms with E-state index in [0.29, 0.717) is 36.4 Å². The summed E-state index contributed by atoms with van der Waals surface area (Å²) in [5.74, 6) is 2.05. The smallest absolute Gasteiger partial charge is 0.251 e. The highest BCUT2D eigenvalue weighted by atomic mass is 16.6. The predicted molar refractivity (Wildman–Crippen MR) is 99.3 cm³/mol. The van der Waals surface area contributed by atoms with Gasteiger partial charge in [-0.25, -0.2) is 4.98 Å². The first-order valence-electron chi connectivity index (χ1n) is 9.21. The van der Waals surface area contributed by atoms with Crippen LogP contribution in [-0.4, -0.2) is 30.1 Å². The van der Waals surface area contributed by atoms with Crippen LogP contribution in [0.4, 0.5) is 11.5 Å². The molecule has 2 aromatic rings. The van der Waals surface area contributed by atoms with Crippen LogP contribution in [0.15, 0.2) is 36.5 Å². The number of amides is 1. The zero-order valence-electron chi connectivity index (χ0n) is 14.7. The maximum atomic E-state index is 12.5. The Labute approximate surface area is 152 Å². The molecule has 2 heterocycles. The van der Waals surface area contributed by atoms with Gasteiger partial charge in [0.05, 0.1) is 0 Å². The molecule has 6 heteroatoms. The number of nitrogens with one attached hydrogen (secondary N) is 2. The van der Waals surface area contributed by atoms with E-state index in [1.54, 1.807) is 18.3 Å². The minimum absolute atomic E-state index is 0.0375. The molecule has 26 heavy (non-hydrogen) atoms. The van der Waals surface area contributed by atoms with Crippen LogP contribution in [0, 0.1) is 0 Å². The van der Waals surface area contributed by atoms with Gasteiger partial charge in [-0.2, -0.15) is 0 Å². The van der Waals surface area contributed by atoms with Crippen molar-refractivity contribution in [3.05, 3.63) is 42.1 Å². The van der Waals surface area contributed by atoms with Gasteiger partial charge in [0.2, 0.25) is 0 Å². The van der Waals surface area contributed by atoms with Gasteiger partial charge in [0, 0.05) is 29.6 Å². The van der Waals surface area contributed by atoms with Crippen molar-refractivity contribution in [2.24, 2.45) is 0 Å². The lowest BCUT2D eigenvalue weighted by Crippen LogP contribution is -2.36. The zero-order valence-corrected chi connectivity index (χ0v) is 14.7. The fourth-order valence-electron chi connectivity index (χ4n) is 3.42. The number of fused-ring (bicyclic) bond motifs is 1.